The molecule has 6 heteroatoms. The number of hydrogen-bond acceptors (Lipinski definition) is 5. The molecule has 0 bridgehead atoms. The fourth-order valence-corrected chi connectivity index (χ4v) is 3.15. The van der Waals surface area contributed by atoms with E-state index in [-0.39, 0.29) is 5.91 Å². The van der Waals surface area contributed by atoms with E-state index in [1.807, 2.05) is 23.1 Å². The van der Waals surface area contributed by atoms with E-state index in [9.17, 15) is 4.79 Å². The van der Waals surface area contributed by atoms with Gasteiger partial charge in [0.05, 0.1) is 0 Å². The summed E-state index contributed by atoms with van der Waals surface area (Å²) in [7, 11) is 0. The van der Waals surface area contributed by atoms with Crippen LogP contribution in [0.15, 0.2) is 53.3 Å². The van der Waals surface area contributed by atoms with Crippen LogP contribution in [0.2, 0.25) is 0 Å². The van der Waals surface area contributed by atoms with Gasteiger partial charge in [0.25, 0.3) is 0 Å². The van der Waals surface area contributed by atoms with Gasteiger partial charge in [0.2, 0.25) is 17.6 Å². The van der Waals surface area contributed by atoms with E-state index in [1.165, 1.54) is 11.1 Å². The maximum atomic E-state index is 12.8. The minimum absolute atomic E-state index is 0.141. The smallest absolute Gasteiger partial charge is 0.227 e. The Balaban J connectivity index is 1.38. The van der Waals surface area contributed by atoms with Crippen molar-refractivity contribution in [3.05, 3.63) is 65.8 Å². The Morgan fingerprint density at radius 1 is 1.22 bits per heavy atom. The first-order valence-electron chi connectivity index (χ1n) is 9.27. The van der Waals surface area contributed by atoms with Crippen molar-refractivity contribution in [1.82, 2.24) is 20.0 Å². The highest BCUT2D eigenvalue weighted by atomic mass is 16.5. The molecular weight excluding hydrogens is 340 g/mol. The van der Waals surface area contributed by atoms with Gasteiger partial charge >= 0.3 is 0 Å². The summed E-state index contributed by atoms with van der Waals surface area (Å²) in [4.78, 5) is 23.2. The molecule has 0 unspecified atom stereocenters. The third-order valence-corrected chi connectivity index (χ3v) is 4.70. The molecule has 1 aliphatic rings. The Morgan fingerprint density at radius 2 is 2.04 bits per heavy atom. The van der Waals surface area contributed by atoms with Crippen LogP contribution in [0, 0.1) is 6.92 Å². The van der Waals surface area contributed by atoms with Crippen molar-refractivity contribution in [3.8, 4) is 11.4 Å². The summed E-state index contributed by atoms with van der Waals surface area (Å²) >= 11 is 0. The lowest BCUT2D eigenvalue weighted by Crippen LogP contribution is -2.32. The van der Waals surface area contributed by atoms with Gasteiger partial charge in [-0.1, -0.05) is 35.0 Å². The van der Waals surface area contributed by atoms with E-state index in [0.29, 0.717) is 37.1 Å². The molecule has 6 nitrogen and oxygen atoms in total. The molecule has 0 spiro atoms. The van der Waals surface area contributed by atoms with Crippen LogP contribution in [0.25, 0.3) is 11.4 Å². The van der Waals surface area contributed by atoms with Crippen molar-refractivity contribution in [1.29, 1.82) is 0 Å². The van der Waals surface area contributed by atoms with Crippen LogP contribution < -0.4 is 0 Å². The molecule has 0 aliphatic heterocycles. The van der Waals surface area contributed by atoms with Gasteiger partial charge < -0.3 is 9.42 Å². The zero-order chi connectivity index (χ0) is 18.6. The summed E-state index contributed by atoms with van der Waals surface area (Å²) in [5.74, 6) is 1.16. The van der Waals surface area contributed by atoms with E-state index in [4.69, 9.17) is 4.52 Å². The number of pyridine rings is 1. The summed E-state index contributed by atoms with van der Waals surface area (Å²) in [5.41, 5.74) is 3.24. The van der Waals surface area contributed by atoms with Crippen molar-refractivity contribution in [3.63, 3.8) is 0 Å². The molecule has 1 fully saturated rings. The van der Waals surface area contributed by atoms with Gasteiger partial charge in [0.1, 0.15) is 0 Å². The van der Waals surface area contributed by atoms with Gasteiger partial charge in [-0.05, 0) is 37.5 Å². The SMILES string of the molecule is Cc1cccc(CN(C(=O)CCc2nc(-c3ccncc3)no2)C2CC2)c1. The molecule has 0 N–H and O–H groups in total. The van der Waals surface area contributed by atoms with Crippen LogP contribution >= 0.6 is 0 Å². The van der Waals surface area contributed by atoms with Crippen LogP contribution in [-0.4, -0.2) is 32.0 Å². The number of carbonyl (C=O) groups excluding carboxylic acids is 1. The van der Waals surface area contributed by atoms with Crippen molar-refractivity contribution >= 4 is 5.91 Å². The first-order chi connectivity index (χ1) is 13.2. The number of hydrogen-bond donors (Lipinski definition) is 0. The molecular formula is C21H22N4O2. The highest BCUT2D eigenvalue weighted by molar-refractivity contribution is 5.77. The van der Waals surface area contributed by atoms with E-state index >= 15 is 0 Å². The van der Waals surface area contributed by atoms with E-state index in [1.54, 1.807) is 12.4 Å². The standard InChI is InChI=1S/C21H22N4O2/c1-15-3-2-4-16(13-15)14-25(18-5-6-18)20(26)8-7-19-23-21(24-27-19)17-9-11-22-12-10-17/h2-4,9-13,18H,5-8,14H2,1H3. The number of benzene rings is 1. The Hall–Kier alpha value is -3.02. The van der Waals surface area contributed by atoms with Crippen LogP contribution in [0.5, 0.6) is 0 Å². The molecule has 1 amide bonds. The maximum Gasteiger partial charge on any atom is 0.227 e. The van der Waals surface area contributed by atoms with Crippen LogP contribution in [0.4, 0.5) is 0 Å². The molecule has 0 saturated heterocycles. The van der Waals surface area contributed by atoms with Gasteiger partial charge in [-0.15, -0.1) is 0 Å². The van der Waals surface area contributed by atoms with Gasteiger partial charge in [0.15, 0.2) is 0 Å². The van der Waals surface area contributed by atoms with Crippen molar-refractivity contribution in [2.75, 3.05) is 0 Å². The van der Waals surface area contributed by atoms with Crippen molar-refractivity contribution in [2.45, 2.75) is 45.2 Å². The number of nitrogens with zero attached hydrogens (tertiary/aromatic N) is 4. The quantitative estimate of drug-likeness (QED) is 0.642. The lowest BCUT2D eigenvalue weighted by atomic mass is 10.1. The number of aryl methyl sites for hydroxylation is 2. The predicted octanol–water partition coefficient (Wildman–Crippen LogP) is 3.56. The number of rotatable bonds is 7. The lowest BCUT2D eigenvalue weighted by Gasteiger charge is -2.22. The Labute approximate surface area is 158 Å². The second-order valence-electron chi connectivity index (χ2n) is 6.99. The van der Waals surface area contributed by atoms with Crippen molar-refractivity contribution in [2.24, 2.45) is 0 Å². The zero-order valence-corrected chi connectivity index (χ0v) is 15.3. The first kappa shape index (κ1) is 17.4. The third-order valence-electron chi connectivity index (χ3n) is 4.70. The summed E-state index contributed by atoms with van der Waals surface area (Å²) in [5, 5.41) is 4.00. The van der Waals surface area contributed by atoms with E-state index < -0.39 is 0 Å². The Kier molecular flexibility index (Phi) is 4.96. The molecule has 2 aromatic heterocycles. The maximum absolute atomic E-state index is 12.8. The topological polar surface area (TPSA) is 72.1 Å². The monoisotopic (exact) mass is 362 g/mol. The van der Waals surface area contributed by atoms with Crippen molar-refractivity contribution < 1.29 is 9.32 Å². The fraction of sp³-hybridized carbons (Fsp3) is 0.333. The van der Waals surface area contributed by atoms with Crippen LogP contribution in [0.1, 0.15) is 36.3 Å². The van der Waals surface area contributed by atoms with Gasteiger partial charge in [0, 0.05) is 43.4 Å². The average Bonchev–Trinajstić information content (AvgIpc) is 3.42. The van der Waals surface area contributed by atoms with E-state index in [0.717, 1.165) is 18.4 Å². The normalized spacial score (nSPS) is 13.5. The Bertz CT molecular complexity index is 919. The number of carbonyl (C=O) groups is 1. The summed E-state index contributed by atoms with van der Waals surface area (Å²) in [6.07, 6.45) is 6.38. The highest BCUT2D eigenvalue weighted by Gasteiger charge is 2.32. The second kappa shape index (κ2) is 7.70. The highest BCUT2D eigenvalue weighted by Crippen LogP contribution is 2.29. The van der Waals surface area contributed by atoms with Gasteiger partial charge in [-0.25, -0.2) is 0 Å². The second-order valence-corrected chi connectivity index (χ2v) is 6.99. The molecule has 138 valence electrons. The summed E-state index contributed by atoms with van der Waals surface area (Å²) < 4.78 is 5.31. The molecule has 0 atom stereocenters. The zero-order valence-electron chi connectivity index (χ0n) is 15.3. The molecule has 4 rings (SSSR count). The molecule has 1 aliphatic carbocycles. The summed E-state index contributed by atoms with van der Waals surface area (Å²) in [6, 6.07) is 12.4. The Morgan fingerprint density at radius 3 is 2.78 bits per heavy atom. The molecule has 1 saturated carbocycles. The molecule has 1 aromatic carbocycles. The molecule has 2 heterocycles. The molecule has 0 radical (unpaired) electrons. The third kappa shape index (κ3) is 4.39. The average molecular weight is 362 g/mol. The minimum atomic E-state index is 0.141. The van der Waals surface area contributed by atoms with Gasteiger partial charge in [-0.3, -0.25) is 9.78 Å². The molecule has 27 heavy (non-hydrogen) atoms. The largest absolute Gasteiger partial charge is 0.339 e. The first-order valence-corrected chi connectivity index (χ1v) is 9.27. The predicted molar refractivity (Wildman–Crippen MR) is 101 cm³/mol. The van der Waals surface area contributed by atoms with E-state index in [2.05, 4.69) is 40.2 Å². The van der Waals surface area contributed by atoms with Gasteiger partial charge in [-0.2, -0.15) is 4.98 Å². The van der Waals surface area contributed by atoms with Crippen LogP contribution in [-0.2, 0) is 17.8 Å². The van der Waals surface area contributed by atoms with Crippen LogP contribution in [0.3, 0.4) is 0 Å². The number of aromatic nitrogens is 3. The number of amides is 1. The molecule has 3 aromatic rings. The summed E-state index contributed by atoms with van der Waals surface area (Å²) in [6.45, 7) is 2.74. The fourth-order valence-electron chi connectivity index (χ4n) is 3.15. The minimum Gasteiger partial charge on any atom is -0.339 e. The lowest BCUT2D eigenvalue weighted by molar-refractivity contribution is -0.132.